The summed E-state index contributed by atoms with van der Waals surface area (Å²) in [6, 6.07) is 18.3. The smallest absolute Gasteiger partial charge is 0.255 e. The molecule has 0 saturated carbocycles. The van der Waals surface area contributed by atoms with Crippen LogP contribution in [0.3, 0.4) is 0 Å². The van der Waals surface area contributed by atoms with Crippen molar-refractivity contribution in [2.45, 2.75) is 13.0 Å². The van der Waals surface area contributed by atoms with E-state index < -0.39 is 6.04 Å². The Labute approximate surface area is 217 Å². The van der Waals surface area contributed by atoms with Gasteiger partial charge < -0.3 is 20.5 Å². The van der Waals surface area contributed by atoms with E-state index in [0.29, 0.717) is 55.7 Å². The van der Waals surface area contributed by atoms with Crippen molar-refractivity contribution in [2.24, 2.45) is 0 Å². The van der Waals surface area contributed by atoms with Crippen LogP contribution in [0.5, 0.6) is 11.5 Å². The van der Waals surface area contributed by atoms with Crippen LogP contribution in [0, 0.1) is 0 Å². The molecule has 8 nitrogen and oxygen atoms in total. The van der Waals surface area contributed by atoms with Crippen molar-refractivity contribution in [1.29, 1.82) is 0 Å². The lowest BCUT2D eigenvalue weighted by molar-refractivity contribution is -0.113. The van der Waals surface area contributed by atoms with Crippen LogP contribution in [0.2, 0.25) is 10.0 Å². The fraction of sp³-hybridized carbons (Fsp3) is 0.115. The number of nitrogens with one attached hydrogen (secondary N) is 2. The molecule has 1 aromatic heterocycles. The van der Waals surface area contributed by atoms with Gasteiger partial charge in [-0.15, -0.1) is 5.10 Å². The molecule has 5 rings (SSSR count). The highest BCUT2D eigenvalue weighted by Crippen LogP contribution is 2.41. The van der Waals surface area contributed by atoms with E-state index in [1.165, 1.54) is 7.11 Å². The molecule has 0 saturated heterocycles. The summed E-state index contributed by atoms with van der Waals surface area (Å²) < 4.78 is 6.99. The average Bonchev–Trinajstić information content (AvgIpc) is 3.29. The summed E-state index contributed by atoms with van der Waals surface area (Å²) in [7, 11) is 1.54. The van der Waals surface area contributed by atoms with Crippen LogP contribution in [0.25, 0.3) is 11.4 Å². The molecule has 1 aliphatic heterocycles. The topological polar surface area (TPSA) is 101 Å². The zero-order valence-electron chi connectivity index (χ0n) is 19.3. The maximum absolute atomic E-state index is 13.7. The Kier molecular flexibility index (Phi) is 6.30. The first-order valence-electron chi connectivity index (χ1n) is 11.0. The van der Waals surface area contributed by atoms with E-state index in [1.807, 2.05) is 6.07 Å². The number of para-hydroxylation sites is 2. The molecular weight excluding hydrogens is 501 g/mol. The SMILES string of the molecule is COc1ccccc1NC(=O)C1=C(C)Nc2nc(-c3cccc(O)c3)nn2C1c1cccc(Cl)c1Cl. The summed E-state index contributed by atoms with van der Waals surface area (Å²) in [5.41, 5.74) is 2.68. The monoisotopic (exact) mass is 521 g/mol. The number of aromatic hydroxyl groups is 1. The van der Waals surface area contributed by atoms with E-state index >= 15 is 0 Å². The summed E-state index contributed by atoms with van der Waals surface area (Å²) in [6.07, 6.45) is 0. The largest absolute Gasteiger partial charge is 0.508 e. The number of hydrogen-bond donors (Lipinski definition) is 3. The second-order valence-electron chi connectivity index (χ2n) is 8.12. The van der Waals surface area contributed by atoms with Gasteiger partial charge in [0.05, 0.1) is 28.4 Å². The van der Waals surface area contributed by atoms with E-state index in [4.69, 9.17) is 27.9 Å². The van der Waals surface area contributed by atoms with Crippen molar-refractivity contribution in [3.63, 3.8) is 0 Å². The lowest BCUT2D eigenvalue weighted by atomic mass is 9.95. The van der Waals surface area contributed by atoms with Crippen molar-refractivity contribution in [2.75, 3.05) is 17.7 Å². The lowest BCUT2D eigenvalue weighted by Crippen LogP contribution is -2.31. The van der Waals surface area contributed by atoms with Gasteiger partial charge in [0.2, 0.25) is 5.95 Å². The molecule has 10 heteroatoms. The van der Waals surface area contributed by atoms with Crippen molar-refractivity contribution in [1.82, 2.24) is 14.8 Å². The molecule has 36 heavy (non-hydrogen) atoms. The van der Waals surface area contributed by atoms with Gasteiger partial charge in [0.25, 0.3) is 5.91 Å². The Morgan fingerprint density at radius 1 is 1.11 bits per heavy atom. The fourth-order valence-corrected chi connectivity index (χ4v) is 4.58. The van der Waals surface area contributed by atoms with Crippen molar-refractivity contribution < 1.29 is 14.6 Å². The molecule has 1 amide bonds. The number of phenolic OH excluding ortho intramolecular Hbond substituents is 1. The van der Waals surface area contributed by atoms with Crippen LogP contribution < -0.4 is 15.4 Å². The predicted octanol–water partition coefficient (Wildman–Crippen LogP) is 5.89. The van der Waals surface area contributed by atoms with Crippen LogP contribution in [-0.4, -0.2) is 32.9 Å². The molecule has 0 radical (unpaired) electrons. The minimum atomic E-state index is -0.735. The van der Waals surface area contributed by atoms with E-state index in [1.54, 1.807) is 72.3 Å². The zero-order valence-corrected chi connectivity index (χ0v) is 20.8. The maximum atomic E-state index is 13.7. The van der Waals surface area contributed by atoms with Crippen molar-refractivity contribution in [3.05, 3.63) is 93.6 Å². The molecule has 0 bridgehead atoms. The Balaban J connectivity index is 1.64. The van der Waals surface area contributed by atoms with Crippen LogP contribution in [-0.2, 0) is 4.79 Å². The fourth-order valence-electron chi connectivity index (χ4n) is 4.17. The normalized spacial score (nSPS) is 14.7. The highest BCUT2D eigenvalue weighted by atomic mass is 35.5. The van der Waals surface area contributed by atoms with E-state index in [9.17, 15) is 9.90 Å². The van der Waals surface area contributed by atoms with Gasteiger partial charge in [0, 0.05) is 16.8 Å². The maximum Gasteiger partial charge on any atom is 0.255 e. The molecule has 1 unspecified atom stereocenters. The zero-order chi connectivity index (χ0) is 25.4. The molecule has 1 atom stereocenters. The molecule has 0 spiro atoms. The standard InChI is InChI=1S/C26H21Cl2N5O3/c1-14-21(25(35)30-19-11-3-4-12-20(19)36-2)23(17-9-6-10-18(27)22(17)28)33-26(29-14)31-24(32-33)15-7-5-8-16(34)13-15/h3-13,23,34H,1-2H3,(H,30,35)(H,29,31,32). The number of aromatic nitrogens is 3. The number of fused-ring (bicyclic) bond motifs is 1. The van der Waals surface area contributed by atoms with Gasteiger partial charge in [-0.25, -0.2) is 4.68 Å². The Bertz CT molecular complexity index is 1520. The third-order valence-corrected chi connectivity index (χ3v) is 6.67. The molecule has 3 N–H and O–H groups in total. The van der Waals surface area contributed by atoms with E-state index in [0.717, 1.165) is 0 Å². The van der Waals surface area contributed by atoms with Crippen LogP contribution in [0.1, 0.15) is 18.5 Å². The Morgan fingerprint density at radius 2 is 1.89 bits per heavy atom. The molecule has 4 aromatic rings. The second-order valence-corrected chi connectivity index (χ2v) is 8.90. The highest BCUT2D eigenvalue weighted by molar-refractivity contribution is 6.42. The molecule has 0 fully saturated rings. The number of phenols is 1. The van der Waals surface area contributed by atoms with E-state index in [-0.39, 0.29) is 11.7 Å². The molecule has 0 aliphatic carbocycles. The number of rotatable bonds is 5. The van der Waals surface area contributed by atoms with Crippen molar-refractivity contribution in [3.8, 4) is 22.9 Å². The number of benzene rings is 3. The van der Waals surface area contributed by atoms with Crippen LogP contribution in [0.15, 0.2) is 78.0 Å². The number of carbonyl (C=O) groups is 1. The minimum absolute atomic E-state index is 0.0915. The molecule has 1 aliphatic rings. The summed E-state index contributed by atoms with van der Waals surface area (Å²) >= 11 is 13.0. The van der Waals surface area contributed by atoms with Gasteiger partial charge in [0.15, 0.2) is 5.82 Å². The molecule has 2 heterocycles. The minimum Gasteiger partial charge on any atom is -0.508 e. The third kappa shape index (κ3) is 4.25. The predicted molar refractivity (Wildman–Crippen MR) is 140 cm³/mol. The number of allylic oxidation sites excluding steroid dienone is 1. The Hall–Kier alpha value is -4.01. The Morgan fingerprint density at radius 3 is 2.67 bits per heavy atom. The number of nitrogens with zero attached hydrogens (tertiary/aromatic N) is 3. The number of anilines is 2. The van der Waals surface area contributed by atoms with Crippen LogP contribution >= 0.6 is 23.2 Å². The van der Waals surface area contributed by atoms with Gasteiger partial charge in [-0.1, -0.05) is 59.6 Å². The number of halogens is 2. The first kappa shape index (κ1) is 23.7. The van der Waals surface area contributed by atoms with Gasteiger partial charge in [-0.05, 0) is 37.3 Å². The quantitative estimate of drug-likeness (QED) is 0.302. The average molecular weight is 522 g/mol. The third-order valence-electron chi connectivity index (χ3n) is 5.83. The molecular formula is C26H21Cl2N5O3. The van der Waals surface area contributed by atoms with Gasteiger partial charge in [-0.3, -0.25) is 4.79 Å². The number of hydrogen-bond acceptors (Lipinski definition) is 6. The first-order valence-corrected chi connectivity index (χ1v) is 11.7. The summed E-state index contributed by atoms with van der Waals surface area (Å²) in [5.74, 6) is 1.04. The van der Waals surface area contributed by atoms with Crippen LogP contribution in [0.4, 0.5) is 11.6 Å². The van der Waals surface area contributed by atoms with Gasteiger partial charge >= 0.3 is 0 Å². The van der Waals surface area contributed by atoms with Crippen molar-refractivity contribution >= 4 is 40.7 Å². The van der Waals surface area contributed by atoms with E-state index in [2.05, 4.69) is 20.7 Å². The summed E-state index contributed by atoms with van der Waals surface area (Å²) in [6.45, 7) is 1.79. The number of ether oxygens (including phenoxy) is 1. The first-order chi connectivity index (χ1) is 17.4. The molecule has 3 aromatic carbocycles. The lowest BCUT2D eigenvalue weighted by Gasteiger charge is -2.29. The van der Waals surface area contributed by atoms with Gasteiger partial charge in [0.1, 0.15) is 17.5 Å². The highest BCUT2D eigenvalue weighted by Gasteiger charge is 2.36. The number of methoxy groups -OCH3 is 1. The summed E-state index contributed by atoms with van der Waals surface area (Å²) in [5, 5.41) is 21.4. The summed E-state index contributed by atoms with van der Waals surface area (Å²) in [4.78, 5) is 18.3. The number of carbonyl (C=O) groups excluding carboxylic acids is 1. The second kappa shape index (κ2) is 9.56. The van der Waals surface area contributed by atoms with Gasteiger partial charge in [-0.2, -0.15) is 4.98 Å². The molecule has 182 valence electrons. The number of amides is 1.